The second-order valence-corrected chi connectivity index (χ2v) is 4.91. The van der Waals surface area contributed by atoms with Crippen LogP contribution in [-0.2, 0) is 12.7 Å². The van der Waals surface area contributed by atoms with Gasteiger partial charge in [0.15, 0.2) is 0 Å². The Bertz CT molecular complexity index is 876. The average Bonchev–Trinajstić information content (AvgIpc) is 2.76. The van der Waals surface area contributed by atoms with Gasteiger partial charge in [-0.2, -0.15) is 13.2 Å². The molecule has 0 spiro atoms. The van der Waals surface area contributed by atoms with Crippen molar-refractivity contribution < 1.29 is 18.3 Å². The van der Waals surface area contributed by atoms with Crippen LogP contribution in [0.4, 0.5) is 13.2 Å². The van der Waals surface area contributed by atoms with E-state index in [-0.39, 0.29) is 17.8 Å². The molecule has 0 atom stereocenters. The number of H-pyrrole nitrogens is 1. The van der Waals surface area contributed by atoms with Crippen molar-refractivity contribution in [1.82, 2.24) is 9.55 Å². The Kier molecular flexibility index (Phi) is 3.20. The molecule has 0 aliphatic rings. The number of phenols is 1. The Hall–Kier alpha value is -2.70. The smallest absolute Gasteiger partial charge is 0.416 e. The summed E-state index contributed by atoms with van der Waals surface area (Å²) in [4.78, 5) is 14.4. The van der Waals surface area contributed by atoms with Crippen molar-refractivity contribution in [1.29, 1.82) is 0 Å². The van der Waals surface area contributed by atoms with Crippen molar-refractivity contribution in [3.05, 3.63) is 64.1 Å². The zero-order valence-corrected chi connectivity index (χ0v) is 11.2. The molecule has 3 rings (SSSR count). The van der Waals surface area contributed by atoms with Crippen LogP contribution in [0.3, 0.4) is 0 Å². The highest BCUT2D eigenvalue weighted by Crippen LogP contribution is 2.30. The van der Waals surface area contributed by atoms with E-state index in [1.165, 1.54) is 22.8 Å². The summed E-state index contributed by atoms with van der Waals surface area (Å²) in [5.41, 5.74) is -0.00851. The zero-order chi connectivity index (χ0) is 15.9. The second kappa shape index (κ2) is 4.94. The Labute approximate surface area is 122 Å². The summed E-state index contributed by atoms with van der Waals surface area (Å²) in [5, 5.41) is 9.23. The summed E-state index contributed by atoms with van der Waals surface area (Å²) in [6.45, 7) is 0.199. The SMILES string of the molecule is O=c1[nH]c2cc(C(F)(F)F)ccc2n1Cc1ccc(O)cc1. The summed E-state index contributed by atoms with van der Waals surface area (Å²) in [6.07, 6.45) is -4.45. The number of nitrogens with one attached hydrogen (secondary N) is 1. The number of aromatic amines is 1. The molecule has 0 saturated carbocycles. The number of aromatic nitrogens is 2. The number of fused-ring (bicyclic) bond motifs is 1. The van der Waals surface area contributed by atoms with Gasteiger partial charge in [0.1, 0.15) is 5.75 Å². The summed E-state index contributed by atoms with van der Waals surface area (Å²) < 4.78 is 39.4. The van der Waals surface area contributed by atoms with E-state index in [1.807, 2.05) is 0 Å². The van der Waals surface area contributed by atoms with E-state index in [2.05, 4.69) is 4.98 Å². The van der Waals surface area contributed by atoms with E-state index < -0.39 is 17.4 Å². The third kappa shape index (κ3) is 2.57. The van der Waals surface area contributed by atoms with Crippen LogP contribution >= 0.6 is 0 Å². The lowest BCUT2D eigenvalue weighted by Gasteiger charge is -2.07. The fourth-order valence-electron chi connectivity index (χ4n) is 2.28. The normalized spacial score (nSPS) is 12.0. The number of aromatic hydroxyl groups is 1. The van der Waals surface area contributed by atoms with E-state index in [9.17, 15) is 23.1 Å². The fourth-order valence-corrected chi connectivity index (χ4v) is 2.28. The van der Waals surface area contributed by atoms with Crippen molar-refractivity contribution in [3.63, 3.8) is 0 Å². The molecule has 1 aromatic heterocycles. The molecule has 0 unspecified atom stereocenters. The van der Waals surface area contributed by atoms with E-state index in [0.29, 0.717) is 5.52 Å². The maximum atomic E-state index is 12.7. The van der Waals surface area contributed by atoms with Gasteiger partial charge in [0.25, 0.3) is 0 Å². The van der Waals surface area contributed by atoms with E-state index in [1.54, 1.807) is 12.1 Å². The predicted molar refractivity (Wildman–Crippen MR) is 74.8 cm³/mol. The molecule has 1 heterocycles. The highest BCUT2D eigenvalue weighted by Gasteiger charge is 2.30. The van der Waals surface area contributed by atoms with Crippen LogP contribution in [0, 0.1) is 0 Å². The number of hydrogen-bond donors (Lipinski definition) is 2. The minimum atomic E-state index is -4.45. The highest BCUT2D eigenvalue weighted by molar-refractivity contribution is 5.76. The molecule has 0 aliphatic heterocycles. The number of alkyl halides is 3. The van der Waals surface area contributed by atoms with Crippen LogP contribution in [0.25, 0.3) is 11.0 Å². The zero-order valence-electron chi connectivity index (χ0n) is 11.2. The monoisotopic (exact) mass is 308 g/mol. The largest absolute Gasteiger partial charge is 0.508 e. The van der Waals surface area contributed by atoms with Crippen LogP contribution in [0.5, 0.6) is 5.75 Å². The number of benzene rings is 2. The Morgan fingerprint density at radius 3 is 2.41 bits per heavy atom. The van der Waals surface area contributed by atoms with Crippen molar-refractivity contribution in [3.8, 4) is 5.75 Å². The molecular formula is C15H11F3N2O2. The van der Waals surface area contributed by atoms with Gasteiger partial charge in [0.2, 0.25) is 0 Å². The van der Waals surface area contributed by atoms with Gasteiger partial charge in [-0.25, -0.2) is 4.79 Å². The van der Waals surface area contributed by atoms with Gasteiger partial charge < -0.3 is 10.1 Å². The van der Waals surface area contributed by atoms with E-state index in [0.717, 1.165) is 17.7 Å². The molecule has 3 aromatic rings. The molecule has 2 N–H and O–H groups in total. The van der Waals surface area contributed by atoms with Gasteiger partial charge >= 0.3 is 11.9 Å². The van der Waals surface area contributed by atoms with Crippen LogP contribution in [0.2, 0.25) is 0 Å². The molecule has 0 bridgehead atoms. The molecule has 2 aromatic carbocycles. The number of imidazole rings is 1. The van der Waals surface area contributed by atoms with Gasteiger partial charge in [-0.15, -0.1) is 0 Å². The van der Waals surface area contributed by atoms with Crippen LogP contribution in [-0.4, -0.2) is 14.7 Å². The summed E-state index contributed by atoms with van der Waals surface area (Å²) >= 11 is 0. The minimum Gasteiger partial charge on any atom is -0.508 e. The second-order valence-electron chi connectivity index (χ2n) is 4.91. The maximum Gasteiger partial charge on any atom is 0.416 e. The van der Waals surface area contributed by atoms with E-state index >= 15 is 0 Å². The first-order valence-electron chi connectivity index (χ1n) is 6.42. The molecular weight excluding hydrogens is 297 g/mol. The maximum absolute atomic E-state index is 12.7. The van der Waals surface area contributed by atoms with Gasteiger partial charge in [0, 0.05) is 0 Å². The molecule has 22 heavy (non-hydrogen) atoms. The predicted octanol–water partition coefficient (Wildman–Crippen LogP) is 3.10. The van der Waals surface area contributed by atoms with Gasteiger partial charge in [-0.05, 0) is 35.9 Å². The topological polar surface area (TPSA) is 58.0 Å². The summed E-state index contributed by atoms with van der Waals surface area (Å²) in [7, 11) is 0. The molecule has 114 valence electrons. The summed E-state index contributed by atoms with van der Waals surface area (Å²) in [6, 6.07) is 9.40. The Morgan fingerprint density at radius 2 is 1.77 bits per heavy atom. The molecule has 0 radical (unpaired) electrons. The number of rotatable bonds is 2. The average molecular weight is 308 g/mol. The highest BCUT2D eigenvalue weighted by atomic mass is 19.4. The number of hydrogen-bond acceptors (Lipinski definition) is 2. The Balaban J connectivity index is 2.05. The lowest BCUT2D eigenvalue weighted by Crippen LogP contribution is -2.17. The van der Waals surface area contributed by atoms with E-state index in [4.69, 9.17) is 0 Å². The first-order valence-corrected chi connectivity index (χ1v) is 6.42. The number of phenolic OH excluding ortho intramolecular Hbond substituents is 1. The third-order valence-electron chi connectivity index (χ3n) is 3.38. The number of halogens is 3. The van der Waals surface area contributed by atoms with Crippen molar-refractivity contribution in [2.24, 2.45) is 0 Å². The van der Waals surface area contributed by atoms with Gasteiger partial charge in [0.05, 0.1) is 23.1 Å². The molecule has 0 saturated heterocycles. The lowest BCUT2D eigenvalue weighted by molar-refractivity contribution is -0.137. The molecule has 0 amide bonds. The lowest BCUT2D eigenvalue weighted by atomic mass is 10.2. The van der Waals surface area contributed by atoms with Crippen molar-refractivity contribution >= 4 is 11.0 Å². The summed E-state index contributed by atoms with van der Waals surface area (Å²) in [5.74, 6) is 0.102. The molecule has 0 aliphatic carbocycles. The molecule has 7 heteroatoms. The van der Waals surface area contributed by atoms with Crippen LogP contribution < -0.4 is 5.69 Å². The van der Waals surface area contributed by atoms with Crippen molar-refractivity contribution in [2.75, 3.05) is 0 Å². The first kappa shape index (κ1) is 14.2. The number of nitrogens with zero attached hydrogens (tertiary/aromatic N) is 1. The molecule has 4 nitrogen and oxygen atoms in total. The van der Waals surface area contributed by atoms with Gasteiger partial charge in [-0.3, -0.25) is 4.57 Å². The first-order chi connectivity index (χ1) is 10.3. The quantitative estimate of drug-likeness (QED) is 0.764. The Morgan fingerprint density at radius 1 is 1.09 bits per heavy atom. The fraction of sp³-hybridized carbons (Fsp3) is 0.133. The van der Waals surface area contributed by atoms with Crippen molar-refractivity contribution in [2.45, 2.75) is 12.7 Å². The third-order valence-corrected chi connectivity index (χ3v) is 3.38. The standard InChI is InChI=1S/C15H11F3N2O2/c16-15(17,18)10-3-6-13-12(7-10)19-14(22)20(13)8-9-1-4-11(21)5-2-9/h1-7,21H,8H2,(H,19,22). The van der Waals surface area contributed by atoms with Gasteiger partial charge in [-0.1, -0.05) is 12.1 Å². The molecule has 0 fully saturated rings. The minimum absolute atomic E-state index is 0.102. The van der Waals surface area contributed by atoms with Crippen LogP contribution in [0.1, 0.15) is 11.1 Å². The van der Waals surface area contributed by atoms with Crippen LogP contribution in [0.15, 0.2) is 47.3 Å².